The molecule has 4 nitrogen and oxygen atoms in total. The standard InChI is InChI=1S/C13H9BrN2O2/c1-16(11-5-3-2-4-9(11)8-15)13(17)10-6-7-18-12(10)14/h2-7H,1H3. The van der Waals surface area contributed by atoms with Crippen molar-refractivity contribution in [2.75, 3.05) is 11.9 Å². The lowest BCUT2D eigenvalue weighted by Crippen LogP contribution is -2.26. The number of hydrogen-bond acceptors (Lipinski definition) is 3. The number of benzene rings is 1. The molecule has 0 unspecified atom stereocenters. The molecule has 0 saturated carbocycles. The topological polar surface area (TPSA) is 57.2 Å². The third-order valence-corrected chi connectivity index (χ3v) is 3.15. The smallest absolute Gasteiger partial charge is 0.262 e. The Morgan fingerprint density at radius 3 is 2.72 bits per heavy atom. The number of halogens is 1. The summed E-state index contributed by atoms with van der Waals surface area (Å²) in [6.07, 6.45) is 1.43. The maximum atomic E-state index is 12.2. The Morgan fingerprint density at radius 1 is 1.39 bits per heavy atom. The number of para-hydroxylation sites is 1. The van der Waals surface area contributed by atoms with Gasteiger partial charge in [0.25, 0.3) is 5.91 Å². The Kier molecular flexibility index (Phi) is 3.49. The van der Waals surface area contributed by atoms with Gasteiger partial charge in [0, 0.05) is 7.05 Å². The highest BCUT2D eigenvalue weighted by molar-refractivity contribution is 9.10. The first-order valence-electron chi connectivity index (χ1n) is 5.15. The van der Waals surface area contributed by atoms with E-state index in [1.807, 2.05) is 0 Å². The van der Waals surface area contributed by atoms with Gasteiger partial charge in [0.1, 0.15) is 6.07 Å². The first-order chi connectivity index (χ1) is 8.65. The summed E-state index contributed by atoms with van der Waals surface area (Å²) >= 11 is 3.16. The first kappa shape index (κ1) is 12.4. The van der Waals surface area contributed by atoms with E-state index >= 15 is 0 Å². The summed E-state index contributed by atoms with van der Waals surface area (Å²) in [4.78, 5) is 13.6. The van der Waals surface area contributed by atoms with Gasteiger partial charge in [-0.05, 0) is 34.1 Å². The van der Waals surface area contributed by atoms with Crippen LogP contribution >= 0.6 is 15.9 Å². The Morgan fingerprint density at radius 2 is 2.11 bits per heavy atom. The van der Waals surface area contributed by atoms with Crippen molar-refractivity contribution in [1.29, 1.82) is 5.26 Å². The zero-order chi connectivity index (χ0) is 13.1. The van der Waals surface area contributed by atoms with Crippen LogP contribution in [0.15, 0.2) is 45.7 Å². The number of carbonyl (C=O) groups is 1. The lowest BCUT2D eigenvalue weighted by molar-refractivity contribution is 0.0991. The van der Waals surface area contributed by atoms with Crippen molar-refractivity contribution in [2.45, 2.75) is 0 Å². The molecule has 0 radical (unpaired) electrons. The van der Waals surface area contributed by atoms with Crippen LogP contribution < -0.4 is 4.90 Å². The van der Waals surface area contributed by atoms with Gasteiger partial charge in [0.15, 0.2) is 4.67 Å². The lowest BCUT2D eigenvalue weighted by Gasteiger charge is -2.17. The highest BCUT2D eigenvalue weighted by atomic mass is 79.9. The molecule has 1 amide bonds. The highest BCUT2D eigenvalue weighted by Gasteiger charge is 2.19. The number of anilines is 1. The molecule has 0 N–H and O–H groups in total. The Balaban J connectivity index is 2.38. The molecule has 0 fully saturated rings. The van der Waals surface area contributed by atoms with E-state index in [-0.39, 0.29) is 5.91 Å². The molecule has 2 aromatic rings. The molecule has 0 aliphatic rings. The van der Waals surface area contributed by atoms with Gasteiger partial charge >= 0.3 is 0 Å². The van der Waals surface area contributed by atoms with Crippen LogP contribution in [-0.2, 0) is 0 Å². The quantitative estimate of drug-likeness (QED) is 0.856. The molecule has 0 atom stereocenters. The van der Waals surface area contributed by atoms with Crippen LogP contribution in [0.25, 0.3) is 0 Å². The molecule has 5 heteroatoms. The van der Waals surface area contributed by atoms with E-state index in [1.54, 1.807) is 37.4 Å². The Bertz CT molecular complexity index is 628. The van der Waals surface area contributed by atoms with Crippen LogP contribution in [-0.4, -0.2) is 13.0 Å². The fourth-order valence-electron chi connectivity index (χ4n) is 1.60. The average Bonchev–Trinajstić information content (AvgIpc) is 2.83. The van der Waals surface area contributed by atoms with E-state index < -0.39 is 0 Å². The van der Waals surface area contributed by atoms with Gasteiger partial charge in [0.05, 0.1) is 23.1 Å². The predicted octanol–water partition coefficient (Wildman–Crippen LogP) is 3.19. The fourth-order valence-corrected chi connectivity index (χ4v) is 2.01. The van der Waals surface area contributed by atoms with Gasteiger partial charge in [-0.1, -0.05) is 12.1 Å². The minimum Gasteiger partial charge on any atom is -0.457 e. The zero-order valence-corrected chi connectivity index (χ0v) is 11.1. The van der Waals surface area contributed by atoms with Gasteiger partial charge < -0.3 is 9.32 Å². The van der Waals surface area contributed by atoms with Crippen molar-refractivity contribution in [1.82, 2.24) is 0 Å². The normalized spacial score (nSPS) is 9.83. The zero-order valence-electron chi connectivity index (χ0n) is 9.55. The van der Waals surface area contributed by atoms with Gasteiger partial charge in [-0.3, -0.25) is 4.79 Å². The van der Waals surface area contributed by atoms with Gasteiger partial charge in [-0.25, -0.2) is 0 Å². The van der Waals surface area contributed by atoms with Crippen LogP contribution in [0, 0.1) is 11.3 Å². The largest absolute Gasteiger partial charge is 0.457 e. The van der Waals surface area contributed by atoms with E-state index in [0.29, 0.717) is 21.5 Å². The molecule has 2 rings (SSSR count). The summed E-state index contributed by atoms with van der Waals surface area (Å²) in [6, 6.07) is 10.6. The summed E-state index contributed by atoms with van der Waals surface area (Å²) in [6.45, 7) is 0. The molecule has 1 heterocycles. The second-order valence-corrected chi connectivity index (χ2v) is 4.32. The number of nitrogens with zero attached hydrogens (tertiary/aromatic N) is 2. The monoisotopic (exact) mass is 304 g/mol. The van der Waals surface area contributed by atoms with E-state index in [2.05, 4.69) is 22.0 Å². The summed E-state index contributed by atoms with van der Waals surface area (Å²) in [5.41, 5.74) is 1.44. The molecular formula is C13H9BrN2O2. The van der Waals surface area contributed by atoms with Crippen molar-refractivity contribution >= 4 is 27.5 Å². The van der Waals surface area contributed by atoms with Crippen molar-refractivity contribution < 1.29 is 9.21 Å². The predicted molar refractivity (Wildman–Crippen MR) is 70.3 cm³/mol. The maximum Gasteiger partial charge on any atom is 0.262 e. The van der Waals surface area contributed by atoms with Crippen LogP contribution in [0.5, 0.6) is 0 Å². The third kappa shape index (κ3) is 2.15. The number of amides is 1. The van der Waals surface area contributed by atoms with Crippen molar-refractivity contribution in [3.63, 3.8) is 0 Å². The van der Waals surface area contributed by atoms with E-state index in [0.717, 1.165) is 0 Å². The molecule has 1 aromatic carbocycles. The van der Waals surface area contributed by atoms with Crippen molar-refractivity contribution in [3.05, 3.63) is 52.4 Å². The van der Waals surface area contributed by atoms with Crippen LogP contribution in [0.2, 0.25) is 0 Å². The molecule has 0 spiro atoms. The highest BCUT2D eigenvalue weighted by Crippen LogP contribution is 2.24. The molecule has 1 aromatic heterocycles. The fraction of sp³-hybridized carbons (Fsp3) is 0.0769. The summed E-state index contributed by atoms with van der Waals surface area (Å²) < 4.78 is 5.42. The molecule has 18 heavy (non-hydrogen) atoms. The molecule has 0 aliphatic carbocycles. The first-order valence-corrected chi connectivity index (χ1v) is 5.94. The third-order valence-electron chi connectivity index (χ3n) is 2.54. The second-order valence-electron chi connectivity index (χ2n) is 3.60. The maximum absolute atomic E-state index is 12.2. The van der Waals surface area contributed by atoms with Crippen LogP contribution in [0.3, 0.4) is 0 Å². The van der Waals surface area contributed by atoms with Crippen LogP contribution in [0.4, 0.5) is 5.69 Å². The number of hydrogen-bond donors (Lipinski definition) is 0. The SMILES string of the molecule is CN(C(=O)c1ccoc1Br)c1ccccc1C#N. The van der Waals surface area contributed by atoms with E-state index in [1.165, 1.54) is 11.2 Å². The van der Waals surface area contributed by atoms with E-state index in [9.17, 15) is 4.79 Å². The van der Waals surface area contributed by atoms with E-state index in [4.69, 9.17) is 9.68 Å². The molecule has 90 valence electrons. The van der Waals surface area contributed by atoms with Gasteiger partial charge in [0.2, 0.25) is 0 Å². The Labute approximate surface area is 113 Å². The number of furan rings is 1. The number of rotatable bonds is 2. The average molecular weight is 305 g/mol. The van der Waals surface area contributed by atoms with Crippen molar-refractivity contribution in [2.24, 2.45) is 0 Å². The molecule has 0 bridgehead atoms. The molecule has 0 saturated heterocycles. The van der Waals surface area contributed by atoms with Gasteiger partial charge in [-0.2, -0.15) is 5.26 Å². The summed E-state index contributed by atoms with van der Waals surface area (Å²) in [5.74, 6) is -0.238. The van der Waals surface area contributed by atoms with Crippen molar-refractivity contribution in [3.8, 4) is 6.07 Å². The minimum absolute atomic E-state index is 0.238. The number of carbonyl (C=O) groups excluding carboxylic acids is 1. The molecular weight excluding hydrogens is 296 g/mol. The lowest BCUT2D eigenvalue weighted by atomic mass is 10.1. The minimum atomic E-state index is -0.238. The summed E-state index contributed by atoms with van der Waals surface area (Å²) in [7, 11) is 1.62. The Hall–Kier alpha value is -2.06. The second kappa shape index (κ2) is 5.07. The van der Waals surface area contributed by atoms with Crippen LogP contribution in [0.1, 0.15) is 15.9 Å². The number of nitriles is 1. The molecule has 0 aliphatic heterocycles. The van der Waals surface area contributed by atoms with Gasteiger partial charge in [-0.15, -0.1) is 0 Å². The summed E-state index contributed by atoms with van der Waals surface area (Å²) in [5, 5.41) is 9.02.